The number of carbonyl (C=O) groups excluding carboxylic acids is 2. The molecule has 2 amide bonds. The molecule has 0 spiro atoms. The van der Waals surface area contributed by atoms with Crippen molar-refractivity contribution in [3.05, 3.63) is 42.5 Å². The largest absolute Gasteiger partial charge is 0.308 e. The van der Waals surface area contributed by atoms with Gasteiger partial charge in [0.1, 0.15) is 0 Å². The molecule has 1 saturated carbocycles. The summed E-state index contributed by atoms with van der Waals surface area (Å²) >= 11 is 0. The summed E-state index contributed by atoms with van der Waals surface area (Å²) in [5.41, 5.74) is 3.16. The number of fused-ring (bicyclic) bond motifs is 1. The first-order chi connectivity index (χ1) is 14.6. The zero-order chi connectivity index (χ0) is 22.5. The summed E-state index contributed by atoms with van der Waals surface area (Å²) in [4.78, 5) is 29.0. The number of sulfonamides is 1. The summed E-state index contributed by atoms with van der Waals surface area (Å²) in [6, 6.07) is 12.3. The Labute approximate surface area is 183 Å². The van der Waals surface area contributed by atoms with E-state index in [0.29, 0.717) is 6.54 Å². The number of amides is 2. The van der Waals surface area contributed by atoms with Gasteiger partial charge < -0.3 is 9.80 Å². The summed E-state index contributed by atoms with van der Waals surface area (Å²) < 4.78 is 25.8. The molecule has 1 atom stereocenters. The lowest BCUT2D eigenvalue weighted by atomic mass is 10.00. The molecule has 0 bridgehead atoms. The number of hydrogen-bond donors (Lipinski definition) is 0. The van der Waals surface area contributed by atoms with Crippen molar-refractivity contribution in [1.82, 2.24) is 4.31 Å². The second-order valence-corrected chi connectivity index (χ2v) is 10.6. The Hall–Kier alpha value is -2.71. The average molecular weight is 442 g/mol. The maximum Gasteiger partial charge on any atom is 0.242 e. The van der Waals surface area contributed by atoms with E-state index in [4.69, 9.17) is 0 Å². The van der Waals surface area contributed by atoms with Gasteiger partial charge in [-0.15, -0.1) is 0 Å². The topological polar surface area (TPSA) is 78.0 Å². The van der Waals surface area contributed by atoms with Gasteiger partial charge in [0, 0.05) is 33.5 Å². The lowest BCUT2D eigenvalue weighted by Gasteiger charge is -2.41. The van der Waals surface area contributed by atoms with Crippen molar-refractivity contribution < 1.29 is 18.0 Å². The van der Waals surface area contributed by atoms with E-state index in [0.717, 1.165) is 35.3 Å². The van der Waals surface area contributed by atoms with Gasteiger partial charge in [0.25, 0.3) is 0 Å². The van der Waals surface area contributed by atoms with Gasteiger partial charge in [-0.25, -0.2) is 12.7 Å². The summed E-state index contributed by atoms with van der Waals surface area (Å²) in [6.45, 7) is 3.96. The van der Waals surface area contributed by atoms with Gasteiger partial charge in [0.05, 0.1) is 22.3 Å². The van der Waals surface area contributed by atoms with Gasteiger partial charge in [-0.1, -0.05) is 18.2 Å². The van der Waals surface area contributed by atoms with Crippen LogP contribution in [0.3, 0.4) is 0 Å². The highest BCUT2D eigenvalue weighted by molar-refractivity contribution is 7.89. The molecule has 7 nitrogen and oxygen atoms in total. The Kier molecular flexibility index (Phi) is 5.39. The van der Waals surface area contributed by atoms with E-state index >= 15 is 0 Å². The predicted octanol–water partition coefficient (Wildman–Crippen LogP) is 3.10. The van der Waals surface area contributed by atoms with Crippen LogP contribution in [0.1, 0.15) is 26.7 Å². The Morgan fingerprint density at radius 2 is 1.58 bits per heavy atom. The van der Waals surface area contributed by atoms with Crippen molar-refractivity contribution in [1.29, 1.82) is 0 Å². The van der Waals surface area contributed by atoms with Crippen LogP contribution in [0.15, 0.2) is 47.4 Å². The Morgan fingerprint density at radius 1 is 0.968 bits per heavy atom. The first kappa shape index (κ1) is 21.5. The normalized spacial score (nSPS) is 18.8. The second kappa shape index (κ2) is 7.76. The van der Waals surface area contributed by atoms with Crippen molar-refractivity contribution in [2.45, 2.75) is 37.6 Å². The van der Waals surface area contributed by atoms with Crippen molar-refractivity contribution in [2.24, 2.45) is 5.92 Å². The van der Waals surface area contributed by atoms with Gasteiger partial charge in [-0.3, -0.25) is 9.59 Å². The van der Waals surface area contributed by atoms with E-state index in [-0.39, 0.29) is 28.7 Å². The summed E-state index contributed by atoms with van der Waals surface area (Å²) in [5.74, 6) is 0.127. The standard InChI is InChI=1S/C23H27N3O4S/c1-15-14-25(23(28)18-5-6-18)22-13-19(9-12-21(22)26(15)16(2)27)17-7-10-20(11-8-17)31(29,30)24(3)4/h7-13,15,18H,5-6,14H2,1-4H3/t15-/m0/s1. The van der Waals surface area contributed by atoms with Gasteiger partial charge in [0.2, 0.25) is 21.8 Å². The highest BCUT2D eigenvalue weighted by Crippen LogP contribution is 2.42. The molecule has 0 aromatic heterocycles. The van der Waals surface area contributed by atoms with Gasteiger partial charge in [0.15, 0.2) is 0 Å². The van der Waals surface area contributed by atoms with E-state index in [2.05, 4.69) is 0 Å². The van der Waals surface area contributed by atoms with Crippen LogP contribution in [-0.2, 0) is 19.6 Å². The van der Waals surface area contributed by atoms with Gasteiger partial charge in [-0.05, 0) is 55.2 Å². The van der Waals surface area contributed by atoms with Gasteiger partial charge in [-0.2, -0.15) is 0 Å². The summed E-state index contributed by atoms with van der Waals surface area (Å²) in [6.07, 6.45) is 1.83. The predicted molar refractivity (Wildman–Crippen MR) is 120 cm³/mol. The third-order valence-corrected chi connectivity index (χ3v) is 7.74. The van der Waals surface area contributed by atoms with E-state index in [1.807, 2.05) is 30.0 Å². The molecule has 1 aliphatic carbocycles. The van der Waals surface area contributed by atoms with E-state index in [9.17, 15) is 18.0 Å². The van der Waals surface area contributed by atoms with Crippen molar-refractivity contribution >= 4 is 33.2 Å². The maximum atomic E-state index is 13.0. The number of nitrogens with zero attached hydrogens (tertiary/aromatic N) is 3. The zero-order valence-electron chi connectivity index (χ0n) is 18.2. The van der Waals surface area contributed by atoms with Gasteiger partial charge >= 0.3 is 0 Å². The number of rotatable bonds is 4. The molecule has 0 saturated heterocycles. The van der Waals surface area contributed by atoms with E-state index < -0.39 is 10.0 Å². The third kappa shape index (κ3) is 3.85. The molecule has 8 heteroatoms. The number of anilines is 2. The van der Waals surface area contributed by atoms with Crippen LogP contribution in [0, 0.1) is 5.92 Å². The Balaban J connectivity index is 1.76. The van der Waals surface area contributed by atoms with Crippen LogP contribution in [0.2, 0.25) is 0 Å². The smallest absolute Gasteiger partial charge is 0.242 e. The van der Waals surface area contributed by atoms with Crippen LogP contribution < -0.4 is 9.80 Å². The molecule has 2 aromatic carbocycles. The fraction of sp³-hybridized carbons (Fsp3) is 0.391. The first-order valence-electron chi connectivity index (χ1n) is 10.4. The molecule has 1 heterocycles. The molecular weight excluding hydrogens is 414 g/mol. The molecule has 31 heavy (non-hydrogen) atoms. The quantitative estimate of drug-likeness (QED) is 0.730. The van der Waals surface area contributed by atoms with Crippen molar-refractivity contribution in [3.8, 4) is 11.1 Å². The number of carbonyl (C=O) groups is 2. The minimum absolute atomic E-state index is 0.0572. The molecule has 0 radical (unpaired) electrons. The van der Waals surface area contributed by atoms with E-state index in [1.54, 1.807) is 29.2 Å². The van der Waals surface area contributed by atoms with Crippen molar-refractivity contribution in [2.75, 3.05) is 30.4 Å². The van der Waals surface area contributed by atoms with Crippen LogP contribution >= 0.6 is 0 Å². The third-order valence-electron chi connectivity index (χ3n) is 5.91. The van der Waals surface area contributed by atoms with Crippen LogP contribution in [0.5, 0.6) is 0 Å². The monoisotopic (exact) mass is 441 g/mol. The van der Waals surface area contributed by atoms with Crippen LogP contribution in [0.25, 0.3) is 11.1 Å². The van der Waals surface area contributed by atoms with Crippen LogP contribution in [-0.4, -0.2) is 51.2 Å². The molecule has 1 aliphatic heterocycles. The highest BCUT2D eigenvalue weighted by atomic mass is 32.2. The first-order valence-corrected chi connectivity index (χ1v) is 11.8. The van der Waals surface area contributed by atoms with Crippen molar-refractivity contribution in [3.63, 3.8) is 0 Å². The minimum Gasteiger partial charge on any atom is -0.308 e. The molecule has 164 valence electrons. The fourth-order valence-corrected chi connectivity index (χ4v) is 4.98. The molecule has 4 rings (SSSR count). The maximum absolute atomic E-state index is 13.0. The number of hydrogen-bond acceptors (Lipinski definition) is 4. The summed E-state index contributed by atoms with van der Waals surface area (Å²) in [7, 11) is -0.500. The minimum atomic E-state index is -3.50. The molecule has 0 unspecified atom stereocenters. The molecule has 2 aromatic rings. The molecule has 1 fully saturated rings. The Morgan fingerprint density at radius 3 is 2.13 bits per heavy atom. The molecular formula is C23H27N3O4S. The van der Waals surface area contributed by atoms with Crippen LogP contribution in [0.4, 0.5) is 11.4 Å². The van der Waals surface area contributed by atoms with E-state index in [1.165, 1.54) is 25.3 Å². The average Bonchev–Trinajstić information content (AvgIpc) is 3.57. The Bertz CT molecular complexity index is 1140. The lowest BCUT2D eigenvalue weighted by molar-refractivity contribution is -0.120. The fourth-order valence-electron chi connectivity index (χ4n) is 4.07. The lowest BCUT2D eigenvalue weighted by Crippen LogP contribution is -2.51. The summed E-state index contributed by atoms with van der Waals surface area (Å²) in [5, 5.41) is 0. The SMILES string of the molecule is CC(=O)N1c2ccc(-c3ccc(S(=O)(=O)N(C)C)cc3)cc2N(C(=O)C2CC2)C[C@@H]1C. The number of benzene rings is 2. The highest BCUT2D eigenvalue weighted by Gasteiger charge is 2.39. The molecule has 2 aliphatic rings. The molecule has 0 N–H and O–H groups in total. The zero-order valence-corrected chi connectivity index (χ0v) is 19.0. The second-order valence-electron chi connectivity index (χ2n) is 8.48.